The van der Waals surface area contributed by atoms with Gasteiger partial charge < -0.3 is 20.1 Å². The van der Waals surface area contributed by atoms with Crippen LogP contribution in [0.1, 0.15) is 30.7 Å². The summed E-state index contributed by atoms with van der Waals surface area (Å²) in [5.74, 6) is -1.61. The maximum atomic E-state index is 11.2. The van der Waals surface area contributed by atoms with Crippen molar-refractivity contribution in [1.82, 2.24) is 4.98 Å². The van der Waals surface area contributed by atoms with Crippen LogP contribution in [0.25, 0.3) is 0 Å². The molecule has 0 aliphatic rings. The number of esters is 1. The molecule has 110 valence electrons. The van der Waals surface area contributed by atoms with Crippen molar-refractivity contribution in [3.8, 4) is 0 Å². The Hall–Kier alpha value is -1.99. The summed E-state index contributed by atoms with van der Waals surface area (Å²) >= 11 is 0. The molecule has 0 radical (unpaired) electrons. The minimum absolute atomic E-state index is 0.201. The van der Waals surface area contributed by atoms with Crippen molar-refractivity contribution < 1.29 is 29.6 Å². The molecule has 1 rings (SSSR count). The molecule has 0 saturated heterocycles. The maximum Gasteiger partial charge on any atom is 0.309 e. The fourth-order valence-corrected chi connectivity index (χ4v) is 1.59. The van der Waals surface area contributed by atoms with Gasteiger partial charge in [-0.15, -0.1) is 0 Å². The summed E-state index contributed by atoms with van der Waals surface area (Å²) < 4.78 is 4.67. The van der Waals surface area contributed by atoms with E-state index < -0.39 is 24.1 Å². The highest BCUT2D eigenvalue weighted by Crippen LogP contribution is 2.18. The highest BCUT2D eigenvalue weighted by molar-refractivity contribution is 5.70. The molecule has 2 unspecified atom stereocenters. The van der Waals surface area contributed by atoms with Gasteiger partial charge in [0, 0.05) is 11.8 Å². The number of aliphatic carboxylic acids is 1. The fraction of sp³-hybridized carbons (Fsp3) is 0.462. The standard InChI is InChI=1S/C13H17NO6/c1-2-20-12(18)6-10(15)13(19)8-3-4-9(14-7-8)5-11(16)17/h3-4,7,10,13,15,19H,2,5-6H2,1H3,(H,16,17). The second kappa shape index (κ2) is 7.56. The molecule has 0 saturated carbocycles. The van der Waals surface area contributed by atoms with Crippen molar-refractivity contribution in [2.45, 2.75) is 32.0 Å². The summed E-state index contributed by atoms with van der Waals surface area (Å²) in [5, 5.41) is 28.2. The predicted octanol–water partition coefficient (Wildman–Crippen LogP) is 0.0562. The molecule has 0 spiro atoms. The van der Waals surface area contributed by atoms with Crippen LogP contribution < -0.4 is 0 Å². The number of aliphatic hydroxyl groups excluding tert-OH is 2. The van der Waals surface area contributed by atoms with E-state index in [9.17, 15) is 19.8 Å². The van der Waals surface area contributed by atoms with E-state index in [1.54, 1.807) is 6.92 Å². The largest absolute Gasteiger partial charge is 0.481 e. The van der Waals surface area contributed by atoms with Gasteiger partial charge in [-0.1, -0.05) is 6.07 Å². The van der Waals surface area contributed by atoms with E-state index in [0.29, 0.717) is 11.3 Å². The Morgan fingerprint density at radius 1 is 1.35 bits per heavy atom. The number of carboxylic acids is 1. The molecule has 7 heteroatoms. The molecule has 0 aromatic carbocycles. The Labute approximate surface area is 115 Å². The molecule has 0 aliphatic carbocycles. The van der Waals surface area contributed by atoms with E-state index in [0.717, 1.165) is 0 Å². The number of carboxylic acid groups (broad SMARTS) is 1. The molecule has 0 bridgehead atoms. The minimum atomic E-state index is -1.30. The van der Waals surface area contributed by atoms with E-state index in [1.807, 2.05) is 0 Å². The van der Waals surface area contributed by atoms with E-state index in [-0.39, 0.29) is 19.4 Å². The number of carbonyl (C=O) groups excluding carboxylic acids is 1. The Morgan fingerprint density at radius 3 is 2.55 bits per heavy atom. The molecule has 2 atom stereocenters. The van der Waals surface area contributed by atoms with Crippen molar-refractivity contribution in [3.63, 3.8) is 0 Å². The van der Waals surface area contributed by atoms with Gasteiger partial charge in [0.25, 0.3) is 0 Å². The van der Waals surface area contributed by atoms with E-state index in [1.165, 1.54) is 18.3 Å². The van der Waals surface area contributed by atoms with Gasteiger partial charge in [-0.3, -0.25) is 14.6 Å². The summed E-state index contributed by atoms with van der Waals surface area (Å²) in [4.78, 5) is 25.6. The maximum absolute atomic E-state index is 11.2. The third-order valence-corrected chi connectivity index (χ3v) is 2.57. The summed E-state index contributed by atoms with van der Waals surface area (Å²) in [7, 11) is 0. The lowest BCUT2D eigenvalue weighted by molar-refractivity contribution is -0.147. The summed E-state index contributed by atoms with van der Waals surface area (Å²) in [5.41, 5.74) is 0.643. The second-order valence-corrected chi connectivity index (χ2v) is 4.17. The number of aromatic nitrogens is 1. The van der Waals surface area contributed by atoms with Crippen LogP contribution in [-0.2, 0) is 20.7 Å². The predicted molar refractivity (Wildman–Crippen MR) is 67.8 cm³/mol. The van der Waals surface area contributed by atoms with Gasteiger partial charge in [0.2, 0.25) is 0 Å². The number of ether oxygens (including phenoxy) is 1. The molecule has 1 aromatic heterocycles. The summed E-state index contributed by atoms with van der Waals surface area (Å²) in [6.45, 7) is 1.85. The molecule has 1 heterocycles. The first-order valence-electron chi connectivity index (χ1n) is 6.12. The first-order chi connectivity index (χ1) is 9.43. The van der Waals surface area contributed by atoms with Crippen molar-refractivity contribution in [1.29, 1.82) is 0 Å². The number of nitrogens with zero attached hydrogens (tertiary/aromatic N) is 1. The number of aliphatic hydroxyl groups is 2. The van der Waals surface area contributed by atoms with E-state index in [4.69, 9.17) is 5.11 Å². The van der Waals surface area contributed by atoms with Crippen LogP contribution in [0.5, 0.6) is 0 Å². The Morgan fingerprint density at radius 2 is 2.05 bits per heavy atom. The molecule has 0 aliphatic heterocycles. The van der Waals surface area contributed by atoms with Gasteiger partial charge in [0.05, 0.1) is 31.2 Å². The van der Waals surface area contributed by atoms with Crippen LogP contribution in [0.4, 0.5) is 0 Å². The third kappa shape index (κ3) is 4.94. The zero-order valence-corrected chi connectivity index (χ0v) is 11.0. The highest BCUT2D eigenvalue weighted by Gasteiger charge is 2.22. The monoisotopic (exact) mass is 283 g/mol. The van der Waals surface area contributed by atoms with Crippen molar-refractivity contribution >= 4 is 11.9 Å². The second-order valence-electron chi connectivity index (χ2n) is 4.17. The van der Waals surface area contributed by atoms with Crippen molar-refractivity contribution in [2.75, 3.05) is 6.61 Å². The molecular formula is C13H17NO6. The zero-order chi connectivity index (χ0) is 15.1. The van der Waals surface area contributed by atoms with Crippen molar-refractivity contribution in [2.24, 2.45) is 0 Å². The van der Waals surface area contributed by atoms with Crippen LogP contribution in [0.15, 0.2) is 18.3 Å². The minimum Gasteiger partial charge on any atom is -0.481 e. The number of pyridine rings is 1. The van der Waals surface area contributed by atoms with Gasteiger partial charge in [-0.05, 0) is 13.0 Å². The third-order valence-electron chi connectivity index (χ3n) is 2.57. The smallest absolute Gasteiger partial charge is 0.309 e. The van der Waals surface area contributed by atoms with E-state index >= 15 is 0 Å². The van der Waals surface area contributed by atoms with Crippen LogP contribution in [0, 0.1) is 0 Å². The van der Waals surface area contributed by atoms with Crippen LogP contribution in [0.2, 0.25) is 0 Å². The Balaban J connectivity index is 2.64. The summed E-state index contributed by atoms with van der Waals surface area (Å²) in [6.07, 6.45) is -1.86. The number of rotatable bonds is 7. The lowest BCUT2D eigenvalue weighted by Gasteiger charge is -2.17. The normalized spacial score (nSPS) is 13.6. The summed E-state index contributed by atoms with van der Waals surface area (Å²) in [6, 6.07) is 2.91. The quantitative estimate of drug-likeness (QED) is 0.605. The molecule has 1 aromatic rings. The van der Waals surface area contributed by atoms with Gasteiger partial charge in [0.15, 0.2) is 0 Å². The molecule has 20 heavy (non-hydrogen) atoms. The molecule has 7 nitrogen and oxygen atoms in total. The molecule has 3 N–H and O–H groups in total. The Bertz CT molecular complexity index is 458. The first kappa shape index (κ1) is 16.1. The average molecular weight is 283 g/mol. The number of carbonyl (C=O) groups is 2. The highest BCUT2D eigenvalue weighted by atomic mass is 16.5. The van der Waals surface area contributed by atoms with Crippen LogP contribution >= 0.6 is 0 Å². The van der Waals surface area contributed by atoms with Crippen LogP contribution in [-0.4, -0.2) is 45.0 Å². The SMILES string of the molecule is CCOC(=O)CC(O)C(O)c1ccc(CC(=O)O)nc1. The van der Waals surface area contributed by atoms with Crippen molar-refractivity contribution in [3.05, 3.63) is 29.6 Å². The number of hydrogen-bond acceptors (Lipinski definition) is 6. The average Bonchev–Trinajstić information content (AvgIpc) is 2.38. The Kier molecular flexibility index (Phi) is 6.08. The van der Waals surface area contributed by atoms with Gasteiger partial charge in [-0.25, -0.2) is 0 Å². The first-order valence-corrected chi connectivity index (χ1v) is 6.12. The van der Waals surface area contributed by atoms with E-state index in [2.05, 4.69) is 9.72 Å². The van der Waals surface area contributed by atoms with Gasteiger partial charge >= 0.3 is 11.9 Å². The lowest BCUT2D eigenvalue weighted by atomic mass is 10.0. The fourth-order valence-electron chi connectivity index (χ4n) is 1.59. The topological polar surface area (TPSA) is 117 Å². The van der Waals surface area contributed by atoms with Crippen LogP contribution in [0.3, 0.4) is 0 Å². The molecule has 0 fully saturated rings. The lowest BCUT2D eigenvalue weighted by Crippen LogP contribution is -2.23. The zero-order valence-electron chi connectivity index (χ0n) is 11.0. The van der Waals surface area contributed by atoms with Gasteiger partial charge in [0.1, 0.15) is 6.10 Å². The van der Waals surface area contributed by atoms with Gasteiger partial charge in [-0.2, -0.15) is 0 Å². The molecule has 0 amide bonds. The number of hydrogen-bond donors (Lipinski definition) is 3. The molecular weight excluding hydrogens is 266 g/mol.